The molecule has 0 aliphatic rings. The van der Waals surface area contributed by atoms with Gasteiger partial charge in [0.15, 0.2) is 0 Å². The van der Waals surface area contributed by atoms with E-state index in [2.05, 4.69) is 6.58 Å². The summed E-state index contributed by atoms with van der Waals surface area (Å²) < 4.78 is 17.8. The van der Waals surface area contributed by atoms with Crippen LogP contribution in [0.25, 0.3) is 16.5 Å². The van der Waals surface area contributed by atoms with Gasteiger partial charge in [-0.2, -0.15) is 5.26 Å². The molecule has 0 saturated carbocycles. The predicted octanol–water partition coefficient (Wildman–Crippen LogP) is 4.19. The fourth-order valence-corrected chi connectivity index (χ4v) is 2.65. The van der Waals surface area contributed by atoms with Crippen molar-refractivity contribution in [2.45, 2.75) is 0 Å². The first-order valence-electron chi connectivity index (χ1n) is 6.39. The highest BCUT2D eigenvalue weighted by Crippen LogP contribution is 2.29. The van der Waals surface area contributed by atoms with Gasteiger partial charge in [-0.05, 0) is 35.9 Å². The quantitative estimate of drug-likeness (QED) is 0.360. The second-order valence-electron chi connectivity index (χ2n) is 4.27. The number of ether oxygens (including phenoxy) is 1. The van der Waals surface area contributed by atoms with E-state index in [-0.39, 0.29) is 18.0 Å². The van der Waals surface area contributed by atoms with E-state index in [9.17, 15) is 9.18 Å². The smallest absolute Gasteiger partial charge is 0.349 e. The SMILES string of the molecule is C=CCOC(=O)/C(C#N)=C/c1ccc(-c2ccc(F)cc2)s1. The Hall–Kier alpha value is -2.71. The summed E-state index contributed by atoms with van der Waals surface area (Å²) in [5.41, 5.74) is 0.799. The van der Waals surface area contributed by atoms with Crippen molar-refractivity contribution >= 4 is 23.4 Å². The Balaban J connectivity index is 2.21. The summed E-state index contributed by atoms with van der Waals surface area (Å²) in [7, 11) is 0. The first-order valence-corrected chi connectivity index (χ1v) is 7.21. The Morgan fingerprint density at radius 1 is 1.32 bits per heavy atom. The number of rotatable bonds is 5. The number of carbonyl (C=O) groups is 1. The highest BCUT2D eigenvalue weighted by Gasteiger charge is 2.11. The van der Waals surface area contributed by atoms with Crippen LogP contribution in [-0.4, -0.2) is 12.6 Å². The molecule has 1 aromatic heterocycles. The zero-order valence-electron chi connectivity index (χ0n) is 11.6. The first kappa shape index (κ1) is 15.7. The maximum atomic E-state index is 12.9. The van der Waals surface area contributed by atoms with Gasteiger partial charge in [0.05, 0.1) is 0 Å². The number of hydrogen-bond donors (Lipinski definition) is 0. The summed E-state index contributed by atoms with van der Waals surface area (Å²) in [6.45, 7) is 3.50. The molecule has 1 aromatic carbocycles. The molecule has 0 fully saturated rings. The highest BCUT2D eigenvalue weighted by atomic mass is 32.1. The van der Waals surface area contributed by atoms with Crippen LogP contribution in [0.3, 0.4) is 0 Å². The van der Waals surface area contributed by atoms with Crippen LogP contribution in [-0.2, 0) is 9.53 Å². The summed E-state index contributed by atoms with van der Waals surface area (Å²) in [4.78, 5) is 13.3. The maximum absolute atomic E-state index is 12.9. The van der Waals surface area contributed by atoms with Crippen LogP contribution in [0.2, 0.25) is 0 Å². The topological polar surface area (TPSA) is 50.1 Å². The lowest BCUT2D eigenvalue weighted by molar-refractivity contribution is -0.137. The molecule has 0 N–H and O–H groups in total. The molecule has 2 rings (SSSR count). The van der Waals surface area contributed by atoms with Crippen molar-refractivity contribution < 1.29 is 13.9 Å². The van der Waals surface area contributed by atoms with Crippen LogP contribution in [0, 0.1) is 17.1 Å². The van der Waals surface area contributed by atoms with Gasteiger partial charge >= 0.3 is 5.97 Å². The summed E-state index contributed by atoms with van der Waals surface area (Å²) in [5, 5.41) is 9.03. The molecule has 0 spiro atoms. The molecule has 0 radical (unpaired) electrons. The van der Waals surface area contributed by atoms with Crippen molar-refractivity contribution in [1.29, 1.82) is 5.26 Å². The van der Waals surface area contributed by atoms with Gasteiger partial charge in [-0.25, -0.2) is 9.18 Å². The standard InChI is InChI=1S/C17H12FNO2S/c1-2-9-21-17(20)13(11-19)10-15-7-8-16(22-15)12-3-5-14(18)6-4-12/h2-8,10H,1,9H2/b13-10+. The molecule has 0 atom stereocenters. The van der Waals surface area contributed by atoms with E-state index in [1.54, 1.807) is 18.2 Å². The van der Waals surface area contributed by atoms with Crippen molar-refractivity contribution in [3.63, 3.8) is 0 Å². The lowest BCUT2D eigenvalue weighted by atomic mass is 10.2. The van der Waals surface area contributed by atoms with E-state index in [1.807, 2.05) is 12.1 Å². The molecule has 22 heavy (non-hydrogen) atoms. The van der Waals surface area contributed by atoms with Crippen LogP contribution in [0.4, 0.5) is 4.39 Å². The summed E-state index contributed by atoms with van der Waals surface area (Å²) in [6, 6.07) is 11.6. The minimum atomic E-state index is -0.681. The third kappa shape index (κ3) is 3.90. The monoisotopic (exact) mass is 313 g/mol. The Morgan fingerprint density at radius 2 is 2.05 bits per heavy atom. The molecule has 3 nitrogen and oxygen atoms in total. The van der Waals surface area contributed by atoms with Crippen molar-refractivity contribution in [2.75, 3.05) is 6.61 Å². The number of nitrogens with zero attached hydrogens (tertiary/aromatic N) is 1. The highest BCUT2D eigenvalue weighted by molar-refractivity contribution is 7.16. The van der Waals surface area contributed by atoms with Gasteiger partial charge in [0.2, 0.25) is 0 Å². The molecular weight excluding hydrogens is 301 g/mol. The Labute approximate surface area is 131 Å². The van der Waals surface area contributed by atoms with E-state index < -0.39 is 5.97 Å². The molecule has 0 amide bonds. The second-order valence-corrected chi connectivity index (χ2v) is 5.38. The number of benzene rings is 1. The summed E-state index contributed by atoms with van der Waals surface area (Å²) in [6.07, 6.45) is 2.91. The number of hydrogen-bond acceptors (Lipinski definition) is 4. The lowest BCUT2D eigenvalue weighted by Gasteiger charge is -1.99. The van der Waals surface area contributed by atoms with Crippen molar-refractivity contribution in [3.8, 4) is 16.5 Å². The zero-order chi connectivity index (χ0) is 15.9. The van der Waals surface area contributed by atoms with Crippen LogP contribution in [0.15, 0.2) is 54.6 Å². The van der Waals surface area contributed by atoms with Gasteiger partial charge in [-0.3, -0.25) is 0 Å². The van der Waals surface area contributed by atoms with Crippen molar-refractivity contribution in [2.24, 2.45) is 0 Å². The molecular formula is C17H12FNO2S. The van der Waals surface area contributed by atoms with E-state index in [0.29, 0.717) is 0 Å². The molecule has 1 heterocycles. The van der Waals surface area contributed by atoms with Gasteiger partial charge in [-0.1, -0.05) is 24.8 Å². The third-order valence-electron chi connectivity index (χ3n) is 2.71. The Morgan fingerprint density at radius 3 is 2.68 bits per heavy atom. The fourth-order valence-electron chi connectivity index (χ4n) is 1.69. The fraction of sp³-hybridized carbons (Fsp3) is 0.0588. The third-order valence-corrected chi connectivity index (χ3v) is 3.80. The van der Waals surface area contributed by atoms with Crippen molar-refractivity contribution in [3.05, 3.63) is 65.3 Å². The van der Waals surface area contributed by atoms with E-state index in [4.69, 9.17) is 10.00 Å². The first-order chi connectivity index (χ1) is 10.6. The minimum absolute atomic E-state index is 0.0587. The molecule has 2 aromatic rings. The summed E-state index contributed by atoms with van der Waals surface area (Å²) in [5.74, 6) is -0.976. The average molecular weight is 313 g/mol. The Kier molecular flexibility index (Phi) is 5.23. The average Bonchev–Trinajstić information content (AvgIpc) is 2.99. The van der Waals surface area contributed by atoms with E-state index >= 15 is 0 Å². The van der Waals surface area contributed by atoms with Crippen LogP contribution < -0.4 is 0 Å². The minimum Gasteiger partial charge on any atom is -0.457 e. The predicted molar refractivity (Wildman–Crippen MR) is 84.5 cm³/mol. The van der Waals surface area contributed by atoms with Crippen LogP contribution >= 0.6 is 11.3 Å². The lowest BCUT2D eigenvalue weighted by Crippen LogP contribution is -2.06. The molecule has 0 unspecified atom stereocenters. The van der Waals surface area contributed by atoms with Crippen molar-refractivity contribution in [1.82, 2.24) is 0 Å². The molecule has 0 saturated heterocycles. The van der Waals surface area contributed by atoms with E-state index in [1.165, 1.54) is 35.6 Å². The summed E-state index contributed by atoms with van der Waals surface area (Å²) >= 11 is 1.40. The number of nitriles is 1. The number of carbonyl (C=O) groups excluding carboxylic acids is 1. The number of esters is 1. The molecule has 0 bridgehead atoms. The molecule has 5 heteroatoms. The van der Waals surface area contributed by atoms with Crippen LogP contribution in [0.1, 0.15) is 4.88 Å². The normalized spacial score (nSPS) is 10.8. The van der Waals surface area contributed by atoms with Crippen LogP contribution in [0.5, 0.6) is 0 Å². The zero-order valence-corrected chi connectivity index (χ0v) is 12.4. The largest absolute Gasteiger partial charge is 0.457 e. The van der Waals surface area contributed by atoms with Gasteiger partial charge in [0, 0.05) is 9.75 Å². The number of thiophene rings is 1. The second kappa shape index (κ2) is 7.34. The van der Waals surface area contributed by atoms with Gasteiger partial charge in [0.25, 0.3) is 0 Å². The molecule has 110 valence electrons. The molecule has 0 aliphatic heterocycles. The van der Waals surface area contributed by atoms with E-state index in [0.717, 1.165) is 15.3 Å². The molecule has 0 aliphatic carbocycles. The van der Waals surface area contributed by atoms with Gasteiger partial charge in [-0.15, -0.1) is 11.3 Å². The number of halogens is 1. The van der Waals surface area contributed by atoms with Gasteiger partial charge in [0.1, 0.15) is 24.1 Å². The Bertz CT molecular complexity index is 754. The van der Waals surface area contributed by atoms with Gasteiger partial charge < -0.3 is 4.74 Å². The maximum Gasteiger partial charge on any atom is 0.349 e.